The lowest BCUT2D eigenvalue weighted by molar-refractivity contribution is -0.118. The Hall–Kier alpha value is -2.32. The quantitative estimate of drug-likeness (QED) is 0.882. The van der Waals surface area contributed by atoms with Crippen LogP contribution in [0.2, 0.25) is 0 Å². The lowest BCUT2D eigenvalue weighted by Gasteiger charge is -2.09. The van der Waals surface area contributed by atoms with Gasteiger partial charge in [-0.05, 0) is 36.4 Å². The molecule has 0 saturated carbocycles. The summed E-state index contributed by atoms with van der Waals surface area (Å²) in [5, 5.41) is 14.9. The van der Waals surface area contributed by atoms with Gasteiger partial charge in [-0.3, -0.25) is 4.79 Å². The maximum Gasteiger partial charge on any atom is 0.226 e. The molecule has 108 valence electrons. The van der Waals surface area contributed by atoms with Crippen molar-refractivity contribution in [1.82, 2.24) is 0 Å². The van der Waals surface area contributed by atoms with Gasteiger partial charge in [0.05, 0.1) is 0 Å². The minimum Gasteiger partial charge on any atom is -0.380 e. The first kappa shape index (κ1) is 15.1. The van der Waals surface area contributed by atoms with Gasteiger partial charge in [-0.1, -0.05) is 13.8 Å². The first-order valence-corrected chi connectivity index (χ1v) is 7.54. The first-order valence-electron chi connectivity index (χ1n) is 6.72. The molecule has 0 aliphatic heterocycles. The number of amides is 1. The molecule has 0 fully saturated rings. The highest BCUT2D eigenvalue weighted by Gasteiger charge is 2.06. The van der Waals surface area contributed by atoms with Crippen LogP contribution in [-0.4, -0.2) is 5.91 Å². The number of nitrogens with zero attached hydrogens (tertiary/aromatic N) is 1. The summed E-state index contributed by atoms with van der Waals surface area (Å²) in [5.41, 5.74) is 1.77. The Balaban J connectivity index is 1.90. The van der Waals surface area contributed by atoms with Crippen molar-refractivity contribution in [3.05, 3.63) is 46.2 Å². The zero-order valence-electron chi connectivity index (χ0n) is 12.0. The fourth-order valence-electron chi connectivity index (χ4n) is 1.68. The van der Waals surface area contributed by atoms with Gasteiger partial charge >= 0.3 is 0 Å². The Kier molecular flexibility index (Phi) is 4.96. The lowest BCUT2D eigenvalue weighted by atomic mass is 10.2. The number of carbonyl (C=O) groups is 1. The van der Waals surface area contributed by atoms with Crippen LogP contribution in [0.25, 0.3) is 0 Å². The summed E-state index contributed by atoms with van der Waals surface area (Å²) < 4.78 is 0. The maximum atomic E-state index is 11.6. The summed E-state index contributed by atoms with van der Waals surface area (Å²) in [6, 6.07) is 13.5. The van der Waals surface area contributed by atoms with E-state index in [1.807, 2.05) is 50.2 Å². The number of carbonyl (C=O) groups excluding carboxylic acids is 1. The van der Waals surface area contributed by atoms with Crippen molar-refractivity contribution in [3.63, 3.8) is 0 Å². The Morgan fingerprint density at radius 2 is 1.86 bits per heavy atom. The highest BCUT2D eigenvalue weighted by Crippen LogP contribution is 2.19. The van der Waals surface area contributed by atoms with Crippen LogP contribution in [0.5, 0.6) is 0 Å². The summed E-state index contributed by atoms with van der Waals surface area (Å²) in [7, 11) is 0. The number of hydrogen-bond donors (Lipinski definition) is 2. The third-order valence-electron chi connectivity index (χ3n) is 2.92. The topological polar surface area (TPSA) is 64.9 Å². The normalized spacial score (nSPS) is 10.2. The van der Waals surface area contributed by atoms with Crippen LogP contribution in [0.1, 0.15) is 23.6 Å². The van der Waals surface area contributed by atoms with Gasteiger partial charge in [0, 0.05) is 28.7 Å². The van der Waals surface area contributed by atoms with Crippen molar-refractivity contribution in [3.8, 4) is 6.07 Å². The standard InChI is InChI=1S/C16H17N3OS/c1-11(2)16(20)19-13-5-3-12(4-6-13)18-10-15-8-7-14(9-17)21-15/h3-8,11,18H,10H2,1-2H3,(H,19,20). The molecule has 4 nitrogen and oxygen atoms in total. The lowest BCUT2D eigenvalue weighted by Crippen LogP contribution is -2.17. The molecule has 1 aromatic heterocycles. The second kappa shape index (κ2) is 6.91. The SMILES string of the molecule is CC(C)C(=O)Nc1ccc(NCc2ccc(C#N)s2)cc1. The number of anilines is 2. The molecule has 1 heterocycles. The summed E-state index contributed by atoms with van der Waals surface area (Å²) in [4.78, 5) is 13.4. The molecule has 0 aliphatic carbocycles. The molecular weight excluding hydrogens is 282 g/mol. The summed E-state index contributed by atoms with van der Waals surface area (Å²) >= 11 is 1.49. The Labute approximate surface area is 128 Å². The predicted octanol–water partition coefficient (Wildman–Crippen LogP) is 3.83. The molecule has 0 atom stereocenters. The predicted molar refractivity (Wildman–Crippen MR) is 86.3 cm³/mol. The molecule has 0 bridgehead atoms. The first-order chi connectivity index (χ1) is 10.1. The number of rotatable bonds is 5. The molecule has 1 aromatic carbocycles. The van der Waals surface area contributed by atoms with Gasteiger partial charge in [0.1, 0.15) is 10.9 Å². The summed E-state index contributed by atoms with van der Waals surface area (Å²) in [6.07, 6.45) is 0. The summed E-state index contributed by atoms with van der Waals surface area (Å²) in [5.74, 6) is -0.0192. The van der Waals surface area contributed by atoms with Crippen molar-refractivity contribution in [2.24, 2.45) is 5.92 Å². The minimum atomic E-state index is -0.0315. The third kappa shape index (κ3) is 4.33. The summed E-state index contributed by atoms with van der Waals surface area (Å²) in [6.45, 7) is 4.41. The monoisotopic (exact) mass is 299 g/mol. The zero-order valence-corrected chi connectivity index (χ0v) is 12.8. The van der Waals surface area contributed by atoms with Gasteiger partial charge < -0.3 is 10.6 Å². The van der Waals surface area contributed by atoms with Crippen molar-refractivity contribution < 1.29 is 4.79 Å². The van der Waals surface area contributed by atoms with Crippen LogP contribution in [0.15, 0.2) is 36.4 Å². The van der Waals surface area contributed by atoms with E-state index in [4.69, 9.17) is 5.26 Å². The van der Waals surface area contributed by atoms with E-state index >= 15 is 0 Å². The number of nitriles is 1. The molecule has 0 radical (unpaired) electrons. The van der Waals surface area contributed by atoms with Gasteiger partial charge in [0.15, 0.2) is 0 Å². The van der Waals surface area contributed by atoms with Crippen LogP contribution in [0.3, 0.4) is 0 Å². The van der Waals surface area contributed by atoms with Gasteiger partial charge in [0.2, 0.25) is 5.91 Å². The molecule has 0 spiro atoms. The largest absolute Gasteiger partial charge is 0.380 e. The van der Waals surface area contributed by atoms with E-state index in [1.165, 1.54) is 11.3 Å². The van der Waals surface area contributed by atoms with E-state index in [2.05, 4.69) is 16.7 Å². The van der Waals surface area contributed by atoms with Crippen LogP contribution >= 0.6 is 11.3 Å². The minimum absolute atomic E-state index is 0.0123. The van der Waals surface area contributed by atoms with E-state index < -0.39 is 0 Å². The second-order valence-electron chi connectivity index (χ2n) is 4.95. The zero-order chi connectivity index (χ0) is 15.2. The van der Waals surface area contributed by atoms with Gasteiger partial charge in [-0.15, -0.1) is 11.3 Å². The highest BCUT2D eigenvalue weighted by atomic mass is 32.1. The number of thiophene rings is 1. The second-order valence-corrected chi connectivity index (χ2v) is 6.12. The van der Waals surface area contributed by atoms with Crippen LogP contribution in [0, 0.1) is 17.2 Å². The van der Waals surface area contributed by atoms with Gasteiger partial charge in [-0.25, -0.2) is 0 Å². The average molecular weight is 299 g/mol. The molecule has 5 heteroatoms. The average Bonchev–Trinajstić information content (AvgIpc) is 2.94. The van der Waals surface area contributed by atoms with Crippen molar-refractivity contribution >= 4 is 28.6 Å². The molecular formula is C16H17N3OS. The van der Waals surface area contributed by atoms with E-state index in [9.17, 15) is 4.79 Å². The van der Waals surface area contributed by atoms with Crippen LogP contribution in [0.4, 0.5) is 11.4 Å². The fraction of sp³-hybridized carbons (Fsp3) is 0.250. The Morgan fingerprint density at radius 3 is 2.43 bits per heavy atom. The van der Waals surface area contributed by atoms with Gasteiger partial charge in [-0.2, -0.15) is 5.26 Å². The molecule has 0 saturated heterocycles. The van der Waals surface area contributed by atoms with Crippen LogP contribution in [-0.2, 0) is 11.3 Å². The number of benzene rings is 1. The highest BCUT2D eigenvalue weighted by molar-refractivity contribution is 7.12. The Morgan fingerprint density at radius 1 is 1.19 bits per heavy atom. The van der Waals surface area contributed by atoms with Crippen LogP contribution < -0.4 is 10.6 Å². The maximum absolute atomic E-state index is 11.6. The smallest absolute Gasteiger partial charge is 0.226 e. The molecule has 2 N–H and O–H groups in total. The molecule has 0 unspecified atom stereocenters. The number of nitrogens with one attached hydrogen (secondary N) is 2. The van der Waals surface area contributed by atoms with Crippen molar-refractivity contribution in [2.45, 2.75) is 20.4 Å². The molecule has 2 aromatic rings. The van der Waals surface area contributed by atoms with E-state index in [0.717, 1.165) is 21.1 Å². The van der Waals surface area contributed by atoms with E-state index in [-0.39, 0.29) is 11.8 Å². The molecule has 0 aliphatic rings. The Bertz CT molecular complexity index is 653. The molecule has 2 rings (SSSR count). The van der Waals surface area contributed by atoms with Crippen molar-refractivity contribution in [2.75, 3.05) is 10.6 Å². The molecule has 1 amide bonds. The number of hydrogen-bond acceptors (Lipinski definition) is 4. The van der Waals surface area contributed by atoms with E-state index in [0.29, 0.717) is 6.54 Å². The van der Waals surface area contributed by atoms with Gasteiger partial charge in [0.25, 0.3) is 0 Å². The third-order valence-corrected chi connectivity index (χ3v) is 3.91. The van der Waals surface area contributed by atoms with Crippen molar-refractivity contribution in [1.29, 1.82) is 5.26 Å². The van der Waals surface area contributed by atoms with E-state index in [1.54, 1.807) is 0 Å². The molecule has 21 heavy (non-hydrogen) atoms. The fourth-order valence-corrected chi connectivity index (χ4v) is 2.42.